The molecule has 3 aromatic rings. The van der Waals surface area contributed by atoms with Gasteiger partial charge in [0.2, 0.25) is 0 Å². The Kier molecular flexibility index (Phi) is 8.55. The van der Waals surface area contributed by atoms with Crippen molar-refractivity contribution in [3.63, 3.8) is 0 Å². The van der Waals surface area contributed by atoms with Crippen molar-refractivity contribution in [2.45, 2.75) is 25.9 Å². The van der Waals surface area contributed by atoms with Gasteiger partial charge in [0, 0.05) is 18.1 Å². The van der Waals surface area contributed by atoms with Gasteiger partial charge in [0.05, 0.1) is 23.3 Å². The van der Waals surface area contributed by atoms with E-state index in [0.29, 0.717) is 17.1 Å². The first-order chi connectivity index (χ1) is 14.9. The molecule has 1 aliphatic heterocycles. The van der Waals surface area contributed by atoms with Crippen LogP contribution in [0.4, 0.5) is 5.69 Å². The van der Waals surface area contributed by atoms with Crippen LogP contribution in [0.2, 0.25) is 5.02 Å². The first-order valence-corrected chi connectivity index (χ1v) is 10.5. The quantitative estimate of drug-likeness (QED) is 0.538. The Morgan fingerprint density at radius 1 is 1.09 bits per heavy atom. The van der Waals surface area contributed by atoms with E-state index in [1.165, 1.54) is 12.1 Å². The Hall–Kier alpha value is -1.67. The second kappa shape index (κ2) is 11.0. The van der Waals surface area contributed by atoms with Crippen LogP contribution in [0.5, 0.6) is 0 Å². The average molecular weight is 473 g/mol. The molecule has 1 aliphatic rings. The second-order valence-electron chi connectivity index (χ2n) is 7.72. The maximum atomic E-state index is 13.2. The second-order valence-corrected chi connectivity index (χ2v) is 8.16. The number of hydrogen-bond acceptors (Lipinski definition) is 4. The zero-order chi connectivity index (χ0) is 22.0. The van der Waals surface area contributed by atoms with Crippen molar-refractivity contribution in [2.24, 2.45) is 0 Å². The number of fused-ring (bicyclic) bond motifs is 1. The fourth-order valence-electron chi connectivity index (χ4n) is 4.00. The van der Waals surface area contributed by atoms with Gasteiger partial charge in [0.15, 0.2) is 0 Å². The standard InChI is InChI=1S/C25H23ClN2O3.K/c1-16(18-8-10-20(11-9-18)25(30)31)27-24(29)22-7-3-5-19-12-13-28(23(19)22)15-17-4-2-6-21(26)14-17;/h2-11,14,16H,12-13,15H2,1H3,(H,27,29)(H,30,31);/q;+1/p-1/t16-;/m0./s1. The first-order valence-electron chi connectivity index (χ1n) is 10.2. The molecule has 1 amide bonds. The van der Waals surface area contributed by atoms with E-state index in [-0.39, 0.29) is 68.9 Å². The van der Waals surface area contributed by atoms with Gasteiger partial charge >= 0.3 is 51.4 Å². The van der Waals surface area contributed by atoms with E-state index in [1.807, 2.05) is 43.3 Å². The number of rotatable bonds is 6. The largest absolute Gasteiger partial charge is 1.00 e. The van der Waals surface area contributed by atoms with Crippen LogP contribution in [0.1, 0.15) is 50.4 Å². The maximum Gasteiger partial charge on any atom is 1.00 e. The Labute approximate surface area is 235 Å². The predicted octanol–water partition coefficient (Wildman–Crippen LogP) is 0.761. The summed E-state index contributed by atoms with van der Waals surface area (Å²) in [7, 11) is 0. The molecule has 0 saturated heterocycles. The molecule has 0 bridgehead atoms. The number of halogens is 1. The van der Waals surface area contributed by atoms with Crippen LogP contribution in [0.15, 0.2) is 66.7 Å². The van der Waals surface area contributed by atoms with Crippen molar-refractivity contribution in [2.75, 3.05) is 11.4 Å². The zero-order valence-electron chi connectivity index (χ0n) is 18.1. The minimum absolute atomic E-state index is 0. The van der Waals surface area contributed by atoms with Gasteiger partial charge in [-0.15, -0.1) is 0 Å². The number of carbonyl (C=O) groups excluding carboxylic acids is 2. The van der Waals surface area contributed by atoms with Gasteiger partial charge in [-0.1, -0.05) is 60.1 Å². The minimum Gasteiger partial charge on any atom is -0.545 e. The molecule has 0 aliphatic carbocycles. The maximum absolute atomic E-state index is 13.2. The number of carboxylic acid groups (broad SMARTS) is 1. The van der Waals surface area contributed by atoms with Gasteiger partial charge in [-0.3, -0.25) is 4.79 Å². The van der Waals surface area contributed by atoms with Crippen LogP contribution in [-0.4, -0.2) is 18.4 Å². The minimum atomic E-state index is -1.22. The molecule has 0 saturated carbocycles. The van der Waals surface area contributed by atoms with Crippen LogP contribution >= 0.6 is 11.6 Å². The number of anilines is 1. The molecular weight excluding hydrogens is 451 g/mol. The Bertz CT molecular complexity index is 1130. The van der Waals surface area contributed by atoms with Crippen molar-refractivity contribution in [3.05, 3.63) is 99.6 Å². The summed E-state index contributed by atoms with van der Waals surface area (Å²) in [5.41, 5.74) is 4.77. The number of hydrogen-bond donors (Lipinski definition) is 1. The van der Waals surface area contributed by atoms with Crippen molar-refractivity contribution in [1.29, 1.82) is 0 Å². The summed E-state index contributed by atoms with van der Waals surface area (Å²) in [5.74, 6) is -1.38. The van der Waals surface area contributed by atoms with Crippen LogP contribution in [0.25, 0.3) is 0 Å². The van der Waals surface area contributed by atoms with Crippen LogP contribution < -0.4 is 66.7 Å². The Balaban J connectivity index is 0.00000289. The van der Waals surface area contributed by atoms with Gasteiger partial charge < -0.3 is 20.1 Å². The third-order valence-electron chi connectivity index (χ3n) is 5.59. The number of carboxylic acids is 1. The molecule has 0 radical (unpaired) electrons. The van der Waals surface area contributed by atoms with E-state index >= 15 is 0 Å². The number of aromatic carboxylic acids is 1. The zero-order valence-corrected chi connectivity index (χ0v) is 22.0. The Morgan fingerprint density at radius 2 is 1.81 bits per heavy atom. The molecular formula is C25H22ClKN2O3. The molecule has 158 valence electrons. The molecule has 0 spiro atoms. The fourth-order valence-corrected chi connectivity index (χ4v) is 4.21. The van der Waals surface area contributed by atoms with Crippen LogP contribution in [0.3, 0.4) is 0 Å². The molecule has 3 aromatic carbocycles. The average Bonchev–Trinajstić information content (AvgIpc) is 3.16. The van der Waals surface area contributed by atoms with Crippen molar-refractivity contribution in [3.8, 4) is 0 Å². The number of carbonyl (C=O) groups is 2. The normalized spacial score (nSPS) is 13.1. The van der Waals surface area contributed by atoms with Crippen molar-refractivity contribution >= 4 is 29.2 Å². The van der Waals surface area contributed by atoms with E-state index in [0.717, 1.165) is 35.3 Å². The number of nitrogens with one attached hydrogen (secondary N) is 1. The van der Waals surface area contributed by atoms with Gasteiger partial charge in [-0.2, -0.15) is 0 Å². The first kappa shape index (κ1) is 25.0. The summed E-state index contributed by atoms with van der Waals surface area (Å²) in [6, 6.07) is 19.7. The van der Waals surface area contributed by atoms with E-state index in [9.17, 15) is 14.7 Å². The number of amides is 1. The molecule has 1 N–H and O–H groups in total. The molecule has 0 unspecified atom stereocenters. The number of benzene rings is 3. The third kappa shape index (κ3) is 5.62. The Morgan fingerprint density at radius 3 is 2.50 bits per heavy atom. The summed E-state index contributed by atoms with van der Waals surface area (Å²) < 4.78 is 0. The van der Waals surface area contributed by atoms with Crippen LogP contribution in [0, 0.1) is 0 Å². The SMILES string of the molecule is C[C@H](NC(=O)c1cccc2c1N(Cc1cccc(Cl)c1)CC2)c1ccc(C(=O)[O-])cc1.[K+]. The van der Waals surface area contributed by atoms with Gasteiger partial charge in [0.25, 0.3) is 5.91 Å². The number of nitrogens with zero attached hydrogens (tertiary/aromatic N) is 1. The molecule has 0 aromatic heterocycles. The van der Waals surface area contributed by atoms with Gasteiger partial charge in [0.1, 0.15) is 0 Å². The van der Waals surface area contributed by atoms with E-state index < -0.39 is 5.97 Å². The third-order valence-corrected chi connectivity index (χ3v) is 5.82. The van der Waals surface area contributed by atoms with Crippen LogP contribution in [-0.2, 0) is 13.0 Å². The van der Waals surface area contributed by atoms with E-state index in [1.54, 1.807) is 12.1 Å². The molecule has 4 rings (SSSR count). The van der Waals surface area contributed by atoms with E-state index in [4.69, 9.17) is 11.6 Å². The molecule has 1 heterocycles. The predicted molar refractivity (Wildman–Crippen MR) is 119 cm³/mol. The van der Waals surface area contributed by atoms with Gasteiger partial charge in [-0.25, -0.2) is 0 Å². The van der Waals surface area contributed by atoms with Crippen molar-refractivity contribution < 1.29 is 66.1 Å². The topological polar surface area (TPSA) is 72.5 Å². The number of para-hydroxylation sites is 1. The molecule has 5 nitrogen and oxygen atoms in total. The fraction of sp³-hybridized carbons (Fsp3) is 0.200. The summed E-state index contributed by atoms with van der Waals surface area (Å²) in [6.45, 7) is 3.39. The molecule has 7 heteroatoms. The molecule has 1 atom stereocenters. The summed E-state index contributed by atoms with van der Waals surface area (Å²) in [5, 5.41) is 14.7. The van der Waals surface area contributed by atoms with Gasteiger partial charge in [-0.05, 0) is 53.8 Å². The summed E-state index contributed by atoms with van der Waals surface area (Å²) in [6.07, 6.45) is 0.886. The molecule has 32 heavy (non-hydrogen) atoms. The molecule has 0 fully saturated rings. The van der Waals surface area contributed by atoms with E-state index in [2.05, 4.69) is 16.3 Å². The van der Waals surface area contributed by atoms with Crippen molar-refractivity contribution in [1.82, 2.24) is 5.32 Å². The summed E-state index contributed by atoms with van der Waals surface area (Å²) in [4.78, 5) is 26.3. The summed E-state index contributed by atoms with van der Waals surface area (Å²) >= 11 is 6.14. The monoisotopic (exact) mass is 472 g/mol. The smallest absolute Gasteiger partial charge is 0.545 e.